The molecule has 0 aromatic carbocycles. The Balaban J connectivity index is 0.000000120. The van der Waals surface area contributed by atoms with E-state index in [1.54, 1.807) is 119 Å². The number of pyridine rings is 5. The molecule has 11 aromatic rings. The van der Waals surface area contributed by atoms with Gasteiger partial charge in [0.2, 0.25) is 58.9 Å². The minimum Gasteiger partial charge on any atom is -0.420 e. The van der Waals surface area contributed by atoms with E-state index >= 15 is 0 Å². The van der Waals surface area contributed by atoms with Crippen LogP contribution in [-0.2, 0) is 88.9 Å². The van der Waals surface area contributed by atoms with Crippen molar-refractivity contribution < 1.29 is 57.1 Å². The standard InChI is InChI=1S/2C23H25N3O4.C23H27N3O3.C22H26N4O3.C21H25N5O3/c2*1-13-10-17-19(18(13)21-25-24-20(30-21)15-7-9-29-12-15)14(11-26(3)22(17)27)6-8-23(2,28)16-4-5-16;1-13-11-16-18(17(13)19-24-25-21(29-19)22(2,3)4)14(12-26(6)20(16)27)9-10-23(5,28)15-7-8-15;1-13-10-16-19(18(13)20-24-23-17(29-20)12-25(3)4)14(11-26(5)21(16)27)8-9-22(2,28)15-6-7-15;1-12-16(19-24-23-15(29-19)11-25(3)4)17-13(8-9-21(2,28)14-6-7-14)10-26(5)20(27)18(17)22-12/h2*11,15-16,28H,4-5,7,9-10,12H2,1-3H3;12,15,28H,7-8,11H2,1-6H3;11,15,28H,6-7,10,12H2,1-5H3;10,14,22,28H,6-7,11H2,1-5H3. The van der Waals surface area contributed by atoms with Crippen molar-refractivity contribution in [2.24, 2.45) is 64.8 Å². The molecule has 13 heterocycles. The zero-order valence-electron chi connectivity index (χ0n) is 87.7. The fourth-order valence-corrected chi connectivity index (χ4v) is 19.9. The third kappa shape index (κ3) is 21.7. The van der Waals surface area contributed by atoms with E-state index in [2.05, 4.69) is 115 Å². The summed E-state index contributed by atoms with van der Waals surface area (Å²) in [5.74, 6) is 36.8. The molecule has 9 aliphatic carbocycles. The van der Waals surface area contributed by atoms with Crippen LogP contribution in [0.1, 0.15) is 303 Å². The minimum atomic E-state index is -1.05. The number of aryl methyl sites for hydroxylation is 6. The van der Waals surface area contributed by atoms with Gasteiger partial charge in [-0.1, -0.05) is 102 Å². The topological polar surface area (TPSA) is 446 Å². The summed E-state index contributed by atoms with van der Waals surface area (Å²) in [7, 11) is 16.3. The van der Waals surface area contributed by atoms with E-state index in [1.165, 1.54) is 4.57 Å². The van der Waals surface area contributed by atoms with E-state index in [0.717, 1.165) is 150 Å². The maximum atomic E-state index is 12.8. The predicted molar refractivity (Wildman–Crippen MR) is 548 cm³/mol. The molecular weight excluding hydrogens is 1870 g/mol. The summed E-state index contributed by atoms with van der Waals surface area (Å²) in [6.07, 6.45) is 22.4. The molecule has 6 N–H and O–H groups in total. The van der Waals surface area contributed by atoms with E-state index in [-0.39, 0.29) is 74.6 Å². The zero-order valence-corrected chi connectivity index (χ0v) is 87.7. The molecule has 0 amide bonds. The molecule has 0 spiro atoms. The van der Waals surface area contributed by atoms with Crippen molar-refractivity contribution in [3.05, 3.63) is 236 Å². The average Bonchev–Trinajstić information content (AvgIpc) is 1.61. The first-order chi connectivity index (χ1) is 69.5. The predicted octanol–water partition coefficient (Wildman–Crippen LogP) is 10.8. The minimum absolute atomic E-state index is 0.0515. The van der Waals surface area contributed by atoms with Gasteiger partial charge >= 0.3 is 0 Å². The summed E-state index contributed by atoms with van der Waals surface area (Å²) in [6, 6.07) is 0. The molecule has 2 aliphatic heterocycles. The van der Waals surface area contributed by atoms with Gasteiger partial charge in [-0.2, -0.15) is 0 Å². The Kier molecular flexibility index (Phi) is 28.0. The van der Waals surface area contributed by atoms with Gasteiger partial charge in [-0.05, 0) is 204 Å². The van der Waals surface area contributed by atoms with Gasteiger partial charge < -0.3 is 94.7 Å². The highest BCUT2D eigenvalue weighted by atomic mass is 16.5. The normalized spacial score (nSPS) is 19.5. The van der Waals surface area contributed by atoms with Crippen molar-refractivity contribution in [2.45, 2.75) is 251 Å². The molecule has 5 saturated carbocycles. The fourth-order valence-electron chi connectivity index (χ4n) is 19.9. The van der Waals surface area contributed by atoms with Gasteiger partial charge in [0, 0.05) is 211 Å². The molecule has 7 fully saturated rings. The zero-order chi connectivity index (χ0) is 105. The number of nitrogens with zero attached hydrogens (tertiary/aromatic N) is 17. The van der Waals surface area contributed by atoms with Crippen molar-refractivity contribution >= 4 is 33.2 Å². The molecule has 768 valence electrons. The van der Waals surface area contributed by atoms with Crippen molar-refractivity contribution in [2.75, 3.05) is 54.6 Å². The molecule has 147 heavy (non-hydrogen) atoms. The second-order valence-electron chi connectivity index (χ2n) is 43.9. The summed E-state index contributed by atoms with van der Waals surface area (Å²) in [6.45, 7) is 28.2. The molecule has 22 rings (SSSR count). The largest absolute Gasteiger partial charge is 0.420 e. The lowest BCUT2D eigenvalue weighted by Crippen LogP contribution is -2.25. The number of ether oxygens (including phenoxy) is 2. The lowest BCUT2D eigenvalue weighted by atomic mass is 9.97. The number of hydrogen-bond acceptors (Lipinski definition) is 29. The number of H-pyrrole nitrogens is 1. The molecule has 0 bridgehead atoms. The van der Waals surface area contributed by atoms with Gasteiger partial charge in [0.1, 0.15) is 33.5 Å². The smallest absolute Gasteiger partial charge is 0.274 e. The molecule has 7 atom stereocenters. The molecule has 0 radical (unpaired) electrons. The SMILES string of the molecule is CC1=C(c2nnc(C(C)(C)C)o2)c2c(C#CC(C)(O)C3CC3)cn(C)c(=O)c2C1.CC1=C(c2nnc(C3CCOC3)o2)c2c(C#CC(C)(O)C3CC3)cn(C)c(=O)c2C1.CC1=C(c2nnc(C3CCOC3)o2)c2c(C#CC(C)(O)C3CC3)cn(C)c(=O)c2C1.CC1=C(c2nnc(CN(C)C)o2)c2c(C#CC(C)(O)C3CC3)cn(C)c(=O)c2C1.Cc1[nH]c2c(=O)n(C)cc(C#CC(C)(O)C3CC3)c2c1-c1nnc(CN(C)C)o1. The fraction of sp³-hybridized carbons (Fsp3) is 0.509. The number of aromatic amines is 1. The number of rotatable bonds is 16. The summed E-state index contributed by atoms with van der Waals surface area (Å²) >= 11 is 0. The van der Waals surface area contributed by atoms with E-state index in [0.29, 0.717) is 191 Å². The van der Waals surface area contributed by atoms with Crippen LogP contribution >= 0.6 is 0 Å². The summed E-state index contributed by atoms with van der Waals surface area (Å²) in [5, 5.41) is 96.0. The Morgan fingerprint density at radius 1 is 0.354 bits per heavy atom. The van der Waals surface area contributed by atoms with E-state index in [1.807, 2.05) is 93.4 Å². The highest BCUT2D eigenvalue weighted by Crippen LogP contribution is 2.48. The maximum absolute atomic E-state index is 12.8. The van der Waals surface area contributed by atoms with Crippen LogP contribution in [0.15, 0.2) is 99.3 Å². The Morgan fingerprint density at radius 3 is 0.932 bits per heavy atom. The molecule has 11 aliphatic rings. The van der Waals surface area contributed by atoms with Crippen LogP contribution in [0.2, 0.25) is 0 Å². The molecule has 35 heteroatoms. The Bertz CT molecular complexity index is 7760. The number of aliphatic hydroxyl groups is 5. The number of fused-ring (bicyclic) bond motifs is 5. The molecule has 11 aromatic heterocycles. The Labute approximate surface area is 851 Å². The number of hydrogen-bond donors (Lipinski definition) is 6. The van der Waals surface area contributed by atoms with Crippen molar-refractivity contribution in [1.82, 2.24) is 88.6 Å². The third-order valence-corrected chi connectivity index (χ3v) is 29.2. The average molecular weight is 2000 g/mol. The van der Waals surface area contributed by atoms with E-state index < -0.39 is 28.0 Å². The Morgan fingerprint density at radius 2 is 0.633 bits per heavy atom. The molecular formula is C112H128N18O17. The lowest BCUT2D eigenvalue weighted by Gasteiger charge is -2.15. The maximum Gasteiger partial charge on any atom is 0.274 e. The highest BCUT2D eigenvalue weighted by Gasteiger charge is 2.45. The molecule has 2 saturated heterocycles. The molecule has 7 unspecified atom stereocenters. The second kappa shape index (κ2) is 39.9. The Hall–Kier alpha value is -13.6. The number of aromatic nitrogens is 16. The van der Waals surface area contributed by atoms with Crippen molar-refractivity contribution in [3.8, 4) is 70.7 Å². The summed E-state index contributed by atoms with van der Waals surface area (Å²) in [5.41, 5.74) is 12.4. The third-order valence-electron chi connectivity index (χ3n) is 29.2. The highest BCUT2D eigenvalue weighted by molar-refractivity contribution is 5.99. The lowest BCUT2D eigenvalue weighted by molar-refractivity contribution is 0.0976. The van der Waals surface area contributed by atoms with Crippen LogP contribution in [-0.4, -0.2) is 197 Å². The van der Waals surface area contributed by atoms with Crippen LogP contribution in [0.4, 0.5) is 0 Å². The van der Waals surface area contributed by atoms with Gasteiger partial charge in [-0.3, -0.25) is 24.0 Å². The van der Waals surface area contributed by atoms with Crippen LogP contribution in [0.25, 0.3) is 44.6 Å². The van der Waals surface area contributed by atoms with Crippen LogP contribution in [0.5, 0.6) is 0 Å². The van der Waals surface area contributed by atoms with Gasteiger partial charge in [0.05, 0.1) is 49.3 Å². The first kappa shape index (κ1) is 103. The second-order valence-corrected chi connectivity index (χ2v) is 43.9. The molecule has 35 nitrogen and oxygen atoms in total. The van der Waals surface area contributed by atoms with E-state index in [4.69, 9.17) is 31.6 Å². The van der Waals surface area contributed by atoms with Gasteiger partial charge in [-0.15, -0.1) is 51.0 Å². The van der Waals surface area contributed by atoms with E-state index in [9.17, 15) is 49.5 Å². The number of nitrogens with one attached hydrogen (secondary N) is 1. The number of allylic oxidation sites excluding steroid dienone is 4. The monoisotopic (exact) mass is 2000 g/mol. The van der Waals surface area contributed by atoms with Crippen molar-refractivity contribution in [3.63, 3.8) is 0 Å². The quantitative estimate of drug-likeness (QED) is 0.0489. The summed E-state index contributed by atoms with van der Waals surface area (Å²) in [4.78, 5) is 71.0. The van der Waals surface area contributed by atoms with Gasteiger partial charge in [-0.25, -0.2) is 0 Å². The first-order valence-corrected chi connectivity index (χ1v) is 50.4. The van der Waals surface area contributed by atoms with Crippen LogP contribution in [0.3, 0.4) is 0 Å². The van der Waals surface area contributed by atoms with Crippen LogP contribution in [0, 0.1) is 95.7 Å². The summed E-state index contributed by atoms with van der Waals surface area (Å²) < 4.78 is 48.4. The first-order valence-electron chi connectivity index (χ1n) is 50.4. The van der Waals surface area contributed by atoms with Gasteiger partial charge in [0.25, 0.3) is 27.8 Å². The van der Waals surface area contributed by atoms with Gasteiger partial charge in [0.15, 0.2) is 0 Å². The van der Waals surface area contributed by atoms with Crippen LogP contribution < -0.4 is 27.8 Å². The van der Waals surface area contributed by atoms with Crippen molar-refractivity contribution in [1.29, 1.82) is 0 Å².